The van der Waals surface area contributed by atoms with Gasteiger partial charge >= 0.3 is 0 Å². The van der Waals surface area contributed by atoms with E-state index in [9.17, 15) is 4.79 Å². The number of nitrogens with zero attached hydrogens (tertiary/aromatic N) is 3. The number of amides is 1. The van der Waals surface area contributed by atoms with E-state index in [-0.39, 0.29) is 5.91 Å². The van der Waals surface area contributed by atoms with Crippen molar-refractivity contribution < 1.29 is 4.79 Å². The first-order valence-electron chi connectivity index (χ1n) is 9.79. The quantitative estimate of drug-likeness (QED) is 0.446. The fourth-order valence-corrected chi connectivity index (χ4v) is 3.66. The van der Waals surface area contributed by atoms with Crippen LogP contribution in [0.4, 0.5) is 0 Å². The van der Waals surface area contributed by atoms with Gasteiger partial charge in [-0.2, -0.15) is 0 Å². The van der Waals surface area contributed by atoms with Crippen molar-refractivity contribution in [3.63, 3.8) is 0 Å². The minimum absolute atomic E-state index is 0.105. The summed E-state index contributed by atoms with van der Waals surface area (Å²) in [5, 5.41) is 6.31. The highest BCUT2D eigenvalue weighted by molar-refractivity contribution is 5.93. The SMILES string of the molecule is CCCC1(C)CCCN(C(=NCCNC(=O)c2cccnc2)NCC)C1. The van der Waals surface area contributed by atoms with Crippen LogP contribution >= 0.6 is 0 Å². The van der Waals surface area contributed by atoms with E-state index in [1.807, 2.05) is 0 Å². The van der Waals surface area contributed by atoms with E-state index in [0.717, 1.165) is 25.6 Å². The van der Waals surface area contributed by atoms with Gasteiger partial charge in [0.2, 0.25) is 0 Å². The van der Waals surface area contributed by atoms with Gasteiger partial charge in [-0.05, 0) is 43.7 Å². The number of guanidine groups is 1. The summed E-state index contributed by atoms with van der Waals surface area (Å²) < 4.78 is 0. The fourth-order valence-electron chi connectivity index (χ4n) is 3.66. The van der Waals surface area contributed by atoms with E-state index in [0.29, 0.717) is 24.1 Å². The van der Waals surface area contributed by atoms with Crippen molar-refractivity contribution in [2.75, 3.05) is 32.7 Å². The van der Waals surface area contributed by atoms with Gasteiger partial charge in [-0.3, -0.25) is 14.8 Å². The lowest BCUT2D eigenvalue weighted by Crippen LogP contribution is -2.50. The first-order chi connectivity index (χ1) is 12.6. The highest BCUT2D eigenvalue weighted by Crippen LogP contribution is 2.33. The summed E-state index contributed by atoms with van der Waals surface area (Å²) in [6, 6.07) is 3.53. The minimum Gasteiger partial charge on any atom is -0.357 e. The minimum atomic E-state index is -0.105. The summed E-state index contributed by atoms with van der Waals surface area (Å²) in [5.41, 5.74) is 0.951. The number of carbonyl (C=O) groups excluding carboxylic acids is 1. The molecular weight excluding hydrogens is 326 g/mol. The van der Waals surface area contributed by atoms with Gasteiger partial charge in [-0.15, -0.1) is 0 Å². The van der Waals surface area contributed by atoms with Crippen LogP contribution in [0.2, 0.25) is 0 Å². The van der Waals surface area contributed by atoms with Crippen LogP contribution in [-0.2, 0) is 0 Å². The lowest BCUT2D eigenvalue weighted by molar-refractivity contribution is 0.0954. The molecule has 6 heteroatoms. The second kappa shape index (κ2) is 10.1. The number of hydrogen-bond donors (Lipinski definition) is 2. The lowest BCUT2D eigenvalue weighted by atomic mass is 9.78. The lowest BCUT2D eigenvalue weighted by Gasteiger charge is -2.42. The molecule has 144 valence electrons. The van der Waals surface area contributed by atoms with Crippen molar-refractivity contribution in [2.45, 2.75) is 46.5 Å². The third kappa shape index (κ3) is 6.00. The number of pyridine rings is 1. The highest BCUT2D eigenvalue weighted by atomic mass is 16.1. The molecule has 1 aliphatic rings. The molecule has 0 aromatic carbocycles. The molecule has 1 amide bonds. The maximum absolute atomic E-state index is 12.0. The molecule has 1 fully saturated rings. The Labute approximate surface area is 157 Å². The molecule has 1 unspecified atom stereocenters. The maximum Gasteiger partial charge on any atom is 0.252 e. The second-order valence-electron chi connectivity index (χ2n) is 7.32. The number of rotatable bonds is 7. The Balaban J connectivity index is 1.89. The van der Waals surface area contributed by atoms with Gasteiger partial charge in [0.05, 0.1) is 12.1 Å². The molecule has 1 saturated heterocycles. The fraction of sp³-hybridized carbons (Fsp3) is 0.650. The van der Waals surface area contributed by atoms with Crippen molar-refractivity contribution in [3.05, 3.63) is 30.1 Å². The van der Waals surface area contributed by atoms with Crippen LogP contribution in [-0.4, -0.2) is 54.5 Å². The largest absolute Gasteiger partial charge is 0.357 e. The predicted molar refractivity (Wildman–Crippen MR) is 106 cm³/mol. The maximum atomic E-state index is 12.0. The van der Waals surface area contributed by atoms with Crippen LogP contribution in [0.1, 0.15) is 56.8 Å². The van der Waals surface area contributed by atoms with Crippen molar-refractivity contribution in [1.29, 1.82) is 0 Å². The number of nitrogens with one attached hydrogen (secondary N) is 2. The van der Waals surface area contributed by atoms with E-state index in [1.165, 1.54) is 25.7 Å². The van der Waals surface area contributed by atoms with Gasteiger partial charge in [0.25, 0.3) is 5.91 Å². The molecule has 1 aromatic heterocycles. The summed E-state index contributed by atoms with van der Waals surface area (Å²) in [4.78, 5) is 23.1. The molecule has 0 saturated carbocycles. The van der Waals surface area contributed by atoms with E-state index >= 15 is 0 Å². The molecule has 1 aliphatic heterocycles. The number of aromatic nitrogens is 1. The topological polar surface area (TPSA) is 69.6 Å². The Hall–Kier alpha value is -2.11. The zero-order valence-electron chi connectivity index (χ0n) is 16.4. The Morgan fingerprint density at radius 3 is 2.92 bits per heavy atom. The molecule has 2 heterocycles. The van der Waals surface area contributed by atoms with Crippen LogP contribution in [0, 0.1) is 5.41 Å². The number of hydrogen-bond acceptors (Lipinski definition) is 3. The second-order valence-corrected chi connectivity index (χ2v) is 7.32. The number of aliphatic imine (C=N–C) groups is 1. The molecule has 2 N–H and O–H groups in total. The molecular formula is C20H33N5O. The first kappa shape index (κ1) is 20.2. The average molecular weight is 360 g/mol. The van der Waals surface area contributed by atoms with Crippen LogP contribution in [0.25, 0.3) is 0 Å². The summed E-state index contributed by atoms with van der Waals surface area (Å²) in [5.74, 6) is 0.858. The van der Waals surface area contributed by atoms with Crippen molar-refractivity contribution in [1.82, 2.24) is 20.5 Å². The third-order valence-corrected chi connectivity index (χ3v) is 4.85. The zero-order valence-corrected chi connectivity index (χ0v) is 16.4. The van der Waals surface area contributed by atoms with Crippen molar-refractivity contribution in [2.24, 2.45) is 10.4 Å². The van der Waals surface area contributed by atoms with Gasteiger partial charge in [0, 0.05) is 38.6 Å². The summed E-state index contributed by atoms with van der Waals surface area (Å²) in [7, 11) is 0. The molecule has 1 aromatic rings. The van der Waals surface area contributed by atoms with E-state index in [1.54, 1.807) is 24.5 Å². The summed E-state index contributed by atoms with van der Waals surface area (Å²) >= 11 is 0. The summed E-state index contributed by atoms with van der Waals surface area (Å²) in [6.07, 6.45) is 8.21. The smallest absolute Gasteiger partial charge is 0.252 e. The average Bonchev–Trinajstić information content (AvgIpc) is 2.64. The Kier molecular flexibility index (Phi) is 7.88. The van der Waals surface area contributed by atoms with Gasteiger partial charge in [0.1, 0.15) is 0 Å². The highest BCUT2D eigenvalue weighted by Gasteiger charge is 2.31. The molecule has 0 aliphatic carbocycles. The number of likely N-dealkylation sites (tertiary alicyclic amines) is 1. The van der Waals surface area contributed by atoms with Gasteiger partial charge < -0.3 is 15.5 Å². The van der Waals surface area contributed by atoms with E-state index < -0.39 is 0 Å². The molecule has 1 atom stereocenters. The first-order valence-corrected chi connectivity index (χ1v) is 9.79. The van der Waals surface area contributed by atoms with Gasteiger partial charge in [0.15, 0.2) is 5.96 Å². The number of piperidine rings is 1. The molecule has 0 bridgehead atoms. The molecule has 2 rings (SSSR count). The Morgan fingerprint density at radius 1 is 1.38 bits per heavy atom. The number of carbonyl (C=O) groups is 1. The predicted octanol–water partition coefficient (Wildman–Crippen LogP) is 2.68. The van der Waals surface area contributed by atoms with Crippen molar-refractivity contribution >= 4 is 11.9 Å². The Morgan fingerprint density at radius 2 is 2.23 bits per heavy atom. The monoisotopic (exact) mass is 359 g/mol. The van der Waals surface area contributed by atoms with E-state index in [4.69, 9.17) is 4.99 Å². The van der Waals surface area contributed by atoms with Crippen LogP contribution in [0.15, 0.2) is 29.5 Å². The zero-order chi connectivity index (χ0) is 18.8. The van der Waals surface area contributed by atoms with Crippen LogP contribution < -0.4 is 10.6 Å². The van der Waals surface area contributed by atoms with E-state index in [2.05, 4.69) is 41.3 Å². The molecule has 26 heavy (non-hydrogen) atoms. The van der Waals surface area contributed by atoms with Gasteiger partial charge in [-0.25, -0.2) is 0 Å². The molecule has 6 nitrogen and oxygen atoms in total. The van der Waals surface area contributed by atoms with Crippen LogP contribution in [0.3, 0.4) is 0 Å². The third-order valence-electron chi connectivity index (χ3n) is 4.85. The summed E-state index contributed by atoms with van der Waals surface area (Å²) in [6.45, 7) is 10.8. The standard InChI is InChI=1S/C20H33N5O/c1-4-9-20(3)10-7-14-25(16-20)19(22-5-2)24-13-12-23-18(26)17-8-6-11-21-15-17/h6,8,11,15H,4-5,7,9-10,12-14,16H2,1-3H3,(H,22,24)(H,23,26). The van der Waals surface area contributed by atoms with Crippen molar-refractivity contribution in [3.8, 4) is 0 Å². The molecule has 0 radical (unpaired) electrons. The van der Waals surface area contributed by atoms with Crippen LogP contribution in [0.5, 0.6) is 0 Å². The molecule has 0 spiro atoms. The Bertz CT molecular complexity index is 585. The normalized spacial score (nSPS) is 20.7. The van der Waals surface area contributed by atoms with Gasteiger partial charge in [-0.1, -0.05) is 20.3 Å².